The van der Waals surface area contributed by atoms with Crippen molar-refractivity contribution in [2.24, 2.45) is 0 Å². The van der Waals surface area contributed by atoms with Crippen LogP contribution in [0.15, 0.2) is 57.5 Å². The lowest BCUT2D eigenvalue weighted by molar-refractivity contribution is 0.376. The van der Waals surface area contributed by atoms with Gasteiger partial charge in [0, 0.05) is 20.7 Å². The maximum Gasteiger partial charge on any atom is 0.246 e. The largest absolute Gasteiger partial charge is 0.353 e. The first-order valence-corrected chi connectivity index (χ1v) is 8.57. The molecule has 0 aliphatic carbocycles. The molecule has 0 saturated carbocycles. The highest BCUT2D eigenvalue weighted by Crippen LogP contribution is 2.20. The Bertz CT molecular complexity index is 853. The van der Waals surface area contributed by atoms with Gasteiger partial charge in [0.1, 0.15) is 0 Å². The van der Waals surface area contributed by atoms with Crippen LogP contribution >= 0.6 is 39.7 Å². The summed E-state index contributed by atoms with van der Waals surface area (Å²) in [5.41, 5.74) is 1.69. The molecular formula is C16H12BrClN4OS. The number of aromatic nitrogens is 2. The second-order valence-electron chi connectivity index (χ2n) is 4.84. The van der Waals surface area contributed by atoms with Crippen LogP contribution in [-0.4, -0.2) is 15.3 Å². The first kappa shape index (κ1) is 16.9. The second kappa shape index (κ2) is 7.74. The number of nitrogens with one attached hydrogen (secondary N) is 2. The van der Waals surface area contributed by atoms with Crippen LogP contribution in [0.5, 0.6) is 0 Å². The Hall–Kier alpha value is -1.96. The van der Waals surface area contributed by atoms with E-state index in [1.807, 2.05) is 36.4 Å². The molecule has 1 heterocycles. The van der Waals surface area contributed by atoms with Gasteiger partial charge in [-0.2, -0.15) is 4.98 Å². The highest BCUT2D eigenvalue weighted by atomic mass is 79.9. The van der Waals surface area contributed by atoms with E-state index in [1.54, 1.807) is 12.1 Å². The molecule has 2 N–H and O–H groups in total. The smallest absolute Gasteiger partial charge is 0.246 e. The summed E-state index contributed by atoms with van der Waals surface area (Å²) in [6.45, 7) is 0.329. The van der Waals surface area contributed by atoms with Crippen LogP contribution in [0.4, 0.5) is 5.69 Å². The first-order valence-electron chi connectivity index (χ1n) is 6.99. The van der Waals surface area contributed by atoms with Gasteiger partial charge in [-0.05, 0) is 48.6 Å². The number of anilines is 1. The number of hydrogen-bond acceptors (Lipinski definition) is 4. The monoisotopic (exact) mass is 422 g/mol. The summed E-state index contributed by atoms with van der Waals surface area (Å²) in [6, 6.07) is 15.0. The minimum Gasteiger partial charge on any atom is -0.353 e. The Morgan fingerprint density at radius 2 is 2.00 bits per heavy atom. The van der Waals surface area contributed by atoms with Crippen LogP contribution in [-0.2, 0) is 6.54 Å². The number of halogens is 2. The van der Waals surface area contributed by atoms with Crippen LogP contribution in [0, 0.1) is 0 Å². The van der Waals surface area contributed by atoms with E-state index in [0.29, 0.717) is 28.4 Å². The molecular weight excluding hydrogens is 412 g/mol. The van der Waals surface area contributed by atoms with Crippen molar-refractivity contribution in [2.45, 2.75) is 6.54 Å². The predicted molar refractivity (Wildman–Crippen MR) is 102 cm³/mol. The summed E-state index contributed by atoms with van der Waals surface area (Å²) in [5.74, 6) is 0.922. The molecule has 0 atom stereocenters. The maximum absolute atomic E-state index is 5.96. The molecule has 1 aromatic heterocycles. The van der Waals surface area contributed by atoms with Gasteiger partial charge in [-0.3, -0.25) is 0 Å². The van der Waals surface area contributed by atoms with Gasteiger partial charge in [0.25, 0.3) is 0 Å². The van der Waals surface area contributed by atoms with Gasteiger partial charge in [-0.15, -0.1) is 0 Å². The van der Waals surface area contributed by atoms with Crippen molar-refractivity contribution in [3.05, 3.63) is 63.9 Å². The summed E-state index contributed by atoms with van der Waals surface area (Å²) in [4.78, 5) is 4.32. The minimum atomic E-state index is 0.329. The third kappa shape index (κ3) is 4.53. The summed E-state index contributed by atoms with van der Waals surface area (Å²) >= 11 is 14.6. The number of rotatable bonds is 4. The van der Waals surface area contributed by atoms with Crippen molar-refractivity contribution in [2.75, 3.05) is 5.32 Å². The standard InChI is InChI=1S/C16H12BrClN4OS/c17-11-4-6-13(7-5-11)20-16(24)19-9-14-21-15(22-23-14)10-2-1-3-12(18)8-10/h1-8H,9H2,(H2,19,20,24). The molecule has 0 fully saturated rings. The Kier molecular flexibility index (Phi) is 5.44. The Morgan fingerprint density at radius 3 is 2.75 bits per heavy atom. The van der Waals surface area contributed by atoms with Crippen LogP contribution in [0.1, 0.15) is 5.89 Å². The van der Waals surface area contributed by atoms with Gasteiger partial charge in [0.05, 0.1) is 6.54 Å². The fourth-order valence-corrected chi connectivity index (χ4v) is 2.58. The number of hydrogen-bond donors (Lipinski definition) is 2. The SMILES string of the molecule is S=C(NCc1nc(-c2cccc(Cl)c2)no1)Nc1ccc(Br)cc1. The van der Waals surface area contributed by atoms with Crippen molar-refractivity contribution in [3.63, 3.8) is 0 Å². The lowest BCUT2D eigenvalue weighted by Crippen LogP contribution is -2.27. The third-order valence-electron chi connectivity index (χ3n) is 3.05. The van der Waals surface area contributed by atoms with E-state index in [4.69, 9.17) is 28.3 Å². The van der Waals surface area contributed by atoms with E-state index in [1.165, 1.54) is 0 Å². The van der Waals surface area contributed by atoms with Gasteiger partial charge in [0.15, 0.2) is 5.11 Å². The third-order valence-corrected chi connectivity index (χ3v) is 4.06. The van der Waals surface area contributed by atoms with Crippen LogP contribution in [0.2, 0.25) is 5.02 Å². The number of nitrogens with zero attached hydrogens (tertiary/aromatic N) is 2. The van der Waals surface area contributed by atoms with E-state index >= 15 is 0 Å². The van der Waals surface area contributed by atoms with Gasteiger partial charge < -0.3 is 15.2 Å². The van der Waals surface area contributed by atoms with Crippen molar-refractivity contribution < 1.29 is 4.52 Å². The van der Waals surface area contributed by atoms with Crippen LogP contribution in [0.25, 0.3) is 11.4 Å². The van der Waals surface area contributed by atoms with E-state index in [-0.39, 0.29) is 0 Å². The lowest BCUT2D eigenvalue weighted by atomic mass is 10.2. The maximum atomic E-state index is 5.96. The average Bonchev–Trinajstić information content (AvgIpc) is 3.04. The Labute approximate surface area is 157 Å². The quantitative estimate of drug-likeness (QED) is 0.596. The van der Waals surface area contributed by atoms with Gasteiger partial charge in [0.2, 0.25) is 11.7 Å². The Morgan fingerprint density at radius 1 is 1.21 bits per heavy atom. The van der Waals surface area contributed by atoms with Crippen molar-refractivity contribution in [1.29, 1.82) is 0 Å². The molecule has 0 amide bonds. The molecule has 24 heavy (non-hydrogen) atoms. The number of benzene rings is 2. The lowest BCUT2D eigenvalue weighted by Gasteiger charge is -2.08. The molecule has 8 heteroatoms. The summed E-state index contributed by atoms with van der Waals surface area (Å²) in [5, 5.41) is 11.1. The highest BCUT2D eigenvalue weighted by molar-refractivity contribution is 9.10. The molecule has 3 aromatic rings. The molecule has 0 bridgehead atoms. The predicted octanol–water partition coefficient (Wildman–Crippen LogP) is 4.64. The van der Waals surface area contributed by atoms with Crippen molar-refractivity contribution >= 4 is 50.5 Å². The van der Waals surface area contributed by atoms with E-state index < -0.39 is 0 Å². The zero-order valence-corrected chi connectivity index (χ0v) is 15.5. The topological polar surface area (TPSA) is 63.0 Å². The first-order chi connectivity index (χ1) is 11.6. The zero-order chi connectivity index (χ0) is 16.9. The molecule has 0 radical (unpaired) electrons. The second-order valence-corrected chi connectivity index (χ2v) is 6.60. The zero-order valence-electron chi connectivity index (χ0n) is 12.3. The van der Waals surface area contributed by atoms with E-state index in [2.05, 4.69) is 36.7 Å². The fraction of sp³-hybridized carbons (Fsp3) is 0.0625. The summed E-state index contributed by atoms with van der Waals surface area (Å²) in [7, 11) is 0. The summed E-state index contributed by atoms with van der Waals surface area (Å²) < 4.78 is 6.22. The van der Waals surface area contributed by atoms with Gasteiger partial charge in [-0.25, -0.2) is 0 Å². The molecule has 0 spiro atoms. The molecule has 2 aromatic carbocycles. The molecule has 122 valence electrons. The molecule has 0 saturated heterocycles. The fourth-order valence-electron chi connectivity index (χ4n) is 1.94. The minimum absolute atomic E-state index is 0.329. The molecule has 0 unspecified atom stereocenters. The van der Waals surface area contributed by atoms with Crippen LogP contribution in [0.3, 0.4) is 0 Å². The van der Waals surface area contributed by atoms with Gasteiger partial charge >= 0.3 is 0 Å². The number of thiocarbonyl (C=S) groups is 1. The molecule has 3 rings (SSSR count). The van der Waals surface area contributed by atoms with E-state index in [0.717, 1.165) is 15.7 Å². The normalized spacial score (nSPS) is 10.4. The van der Waals surface area contributed by atoms with E-state index in [9.17, 15) is 0 Å². The van der Waals surface area contributed by atoms with Crippen LogP contribution < -0.4 is 10.6 Å². The van der Waals surface area contributed by atoms with Crippen molar-refractivity contribution in [1.82, 2.24) is 15.5 Å². The molecule has 0 aliphatic rings. The Balaban J connectivity index is 1.57. The van der Waals surface area contributed by atoms with Crippen molar-refractivity contribution in [3.8, 4) is 11.4 Å². The van der Waals surface area contributed by atoms with Gasteiger partial charge in [-0.1, -0.05) is 44.8 Å². The molecule has 0 aliphatic heterocycles. The highest BCUT2D eigenvalue weighted by Gasteiger charge is 2.09. The molecule has 5 nitrogen and oxygen atoms in total. The summed E-state index contributed by atoms with van der Waals surface area (Å²) in [6.07, 6.45) is 0. The average molecular weight is 424 g/mol.